The molecule has 0 saturated carbocycles. The van der Waals surface area contributed by atoms with E-state index in [1.165, 1.54) is 0 Å². The molecule has 0 aromatic rings. The summed E-state index contributed by atoms with van der Waals surface area (Å²) in [6.45, 7) is 2.82. The molecule has 0 bridgehead atoms. The van der Waals surface area contributed by atoms with Gasteiger partial charge in [-0.2, -0.15) is 0 Å². The first-order valence-electron chi connectivity index (χ1n) is 4.70. The van der Waals surface area contributed by atoms with Crippen molar-refractivity contribution in [3.05, 3.63) is 0 Å². The second kappa shape index (κ2) is 6.10. The van der Waals surface area contributed by atoms with E-state index in [1.807, 2.05) is 0 Å². The van der Waals surface area contributed by atoms with Gasteiger partial charge in [-0.15, -0.1) is 0 Å². The minimum absolute atomic E-state index is 0.134. The average Bonchev–Trinajstić information content (AvgIpc) is 2.15. The molecule has 0 aliphatic rings. The number of rotatable bonds is 6. The number of carbonyl (C=O) groups excluding carboxylic acids is 2. The maximum absolute atomic E-state index is 11.3. The summed E-state index contributed by atoms with van der Waals surface area (Å²) < 4.78 is 15.3. The zero-order valence-electron chi connectivity index (χ0n) is 9.12. The van der Waals surface area contributed by atoms with E-state index in [4.69, 9.17) is 15.5 Å². The number of hydrogen-bond donors (Lipinski definition) is 3. The van der Waals surface area contributed by atoms with Crippen LogP contribution in [0.2, 0.25) is 0 Å². The van der Waals surface area contributed by atoms with Crippen LogP contribution in [-0.4, -0.2) is 39.8 Å². The van der Waals surface area contributed by atoms with Crippen molar-refractivity contribution in [3.8, 4) is 0 Å². The third-order valence-corrected chi connectivity index (χ3v) is 3.28. The quantitative estimate of drug-likeness (QED) is 0.426. The normalized spacial score (nSPS) is 15.3. The standard InChI is InChI=1S/C8H16NO6P/c1-3-15-8(11)6(9)4-7(10)5(2)16(12,13)14/h5-6H,3-4,9H2,1-2H3,(H2,12,13,14). The van der Waals surface area contributed by atoms with Gasteiger partial charge in [-0.05, 0) is 13.8 Å². The minimum Gasteiger partial charge on any atom is -0.465 e. The largest absolute Gasteiger partial charge is 0.465 e. The van der Waals surface area contributed by atoms with E-state index in [9.17, 15) is 14.2 Å². The lowest BCUT2D eigenvalue weighted by atomic mass is 10.1. The van der Waals surface area contributed by atoms with Crippen LogP contribution in [0.15, 0.2) is 0 Å². The van der Waals surface area contributed by atoms with Crippen molar-refractivity contribution in [3.63, 3.8) is 0 Å². The molecule has 0 radical (unpaired) electrons. The summed E-state index contributed by atoms with van der Waals surface area (Å²) in [5.41, 5.74) is 3.89. The highest BCUT2D eigenvalue weighted by atomic mass is 31.2. The Morgan fingerprint density at radius 2 is 1.94 bits per heavy atom. The summed E-state index contributed by atoms with van der Waals surface area (Å²) in [6.07, 6.45) is -0.439. The van der Waals surface area contributed by atoms with Crippen LogP contribution >= 0.6 is 7.60 Å². The SMILES string of the molecule is CCOC(=O)C(N)CC(=O)C(C)P(=O)(O)O. The Hall–Kier alpha value is -0.750. The van der Waals surface area contributed by atoms with Crippen molar-refractivity contribution >= 4 is 19.3 Å². The lowest BCUT2D eigenvalue weighted by Gasteiger charge is -2.14. The molecule has 8 heteroatoms. The van der Waals surface area contributed by atoms with E-state index in [2.05, 4.69) is 4.74 Å². The van der Waals surface area contributed by atoms with Crippen LogP contribution in [0.5, 0.6) is 0 Å². The lowest BCUT2D eigenvalue weighted by molar-refractivity contribution is -0.146. The molecule has 2 unspecified atom stereocenters. The van der Waals surface area contributed by atoms with Gasteiger partial charge in [-0.25, -0.2) is 0 Å². The van der Waals surface area contributed by atoms with Crippen LogP contribution in [0.4, 0.5) is 0 Å². The van der Waals surface area contributed by atoms with Crippen molar-refractivity contribution in [2.45, 2.75) is 32.0 Å². The Morgan fingerprint density at radius 1 is 1.44 bits per heavy atom. The molecule has 0 aromatic heterocycles. The third-order valence-electron chi connectivity index (χ3n) is 1.98. The summed E-state index contributed by atoms with van der Waals surface area (Å²) in [5.74, 6) is -1.51. The zero-order chi connectivity index (χ0) is 12.9. The molecule has 0 aliphatic heterocycles. The predicted molar refractivity (Wildman–Crippen MR) is 55.7 cm³/mol. The summed E-state index contributed by atoms with van der Waals surface area (Å²) >= 11 is 0. The predicted octanol–water partition coefficient (Wildman–Crippen LogP) is -0.598. The number of ether oxygens (including phenoxy) is 1. The fourth-order valence-corrected chi connectivity index (χ4v) is 1.39. The molecule has 2 atom stereocenters. The average molecular weight is 253 g/mol. The van der Waals surface area contributed by atoms with Gasteiger partial charge in [0.2, 0.25) is 0 Å². The monoisotopic (exact) mass is 253 g/mol. The van der Waals surface area contributed by atoms with Crippen LogP contribution in [0, 0.1) is 0 Å². The Morgan fingerprint density at radius 3 is 2.31 bits per heavy atom. The summed E-state index contributed by atoms with van der Waals surface area (Å²) in [6, 6.07) is -1.18. The van der Waals surface area contributed by atoms with Crippen molar-refractivity contribution in [2.75, 3.05) is 6.61 Å². The van der Waals surface area contributed by atoms with Crippen LogP contribution in [0.1, 0.15) is 20.3 Å². The molecular formula is C8H16NO6P. The second-order valence-corrected chi connectivity index (χ2v) is 5.25. The van der Waals surface area contributed by atoms with E-state index in [0.29, 0.717) is 0 Å². The first kappa shape index (κ1) is 15.2. The van der Waals surface area contributed by atoms with Gasteiger partial charge in [-0.3, -0.25) is 14.2 Å². The minimum atomic E-state index is -4.47. The van der Waals surface area contributed by atoms with Gasteiger partial charge >= 0.3 is 13.6 Å². The number of ketones is 1. The van der Waals surface area contributed by atoms with Crippen molar-refractivity contribution in [1.29, 1.82) is 0 Å². The molecule has 0 amide bonds. The number of hydrogen-bond acceptors (Lipinski definition) is 5. The topological polar surface area (TPSA) is 127 Å². The fraction of sp³-hybridized carbons (Fsp3) is 0.750. The van der Waals surface area contributed by atoms with Crippen LogP contribution < -0.4 is 5.73 Å². The fourth-order valence-electron chi connectivity index (χ4n) is 0.908. The van der Waals surface area contributed by atoms with Gasteiger partial charge in [0.15, 0.2) is 0 Å². The first-order chi connectivity index (χ1) is 7.20. The molecule has 0 aliphatic carbocycles. The van der Waals surface area contributed by atoms with Crippen LogP contribution in [-0.2, 0) is 18.9 Å². The second-order valence-electron chi connectivity index (χ2n) is 3.29. The number of esters is 1. The number of carbonyl (C=O) groups is 2. The molecule has 7 nitrogen and oxygen atoms in total. The van der Waals surface area contributed by atoms with Crippen LogP contribution in [0.25, 0.3) is 0 Å². The van der Waals surface area contributed by atoms with Gasteiger partial charge in [0.25, 0.3) is 0 Å². The molecule has 0 spiro atoms. The Labute approximate surface area is 93.1 Å². The molecule has 0 rings (SSSR count). The highest BCUT2D eigenvalue weighted by molar-refractivity contribution is 7.53. The summed E-state index contributed by atoms with van der Waals surface area (Å²) in [7, 11) is -4.47. The summed E-state index contributed by atoms with van der Waals surface area (Å²) in [4.78, 5) is 39.9. The van der Waals surface area contributed by atoms with E-state index < -0.39 is 37.5 Å². The highest BCUT2D eigenvalue weighted by Crippen LogP contribution is 2.41. The van der Waals surface area contributed by atoms with Crippen molar-refractivity contribution in [1.82, 2.24) is 0 Å². The van der Waals surface area contributed by atoms with Gasteiger partial charge in [0, 0.05) is 6.42 Å². The van der Waals surface area contributed by atoms with Gasteiger partial charge in [0.05, 0.1) is 6.61 Å². The third kappa shape index (κ3) is 4.85. The molecule has 0 aromatic carbocycles. The Kier molecular flexibility index (Phi) is 5.81. The van der Waals surface area contributed by atoms with Crippen molar-refractivity contribution in [2.24, 2.45) is 5.73 Å². The van der Waals surface area contributed by atoms with E-state index in [-0.39, 0.29) is 6.61 Å². The lowest BCUT2D eigenvalue weighted by Crippen LogP contribution is -2.36. The van der Waals surface area contributed by atoms with E-state index in [1.54, 1.807) is 6.92 Å². The van der Waals surface area contributed by atoms with E-state index >= 15 is 0 Å². The highest BCUT2D eigenvalue weighted by Gasteiger charge is 2.32. The van der Waals surface area contributed by atoms with Crippen LogP contribution in [0.3, 0.4) is 0 Å². The molecular weight excluding hydrogens is 237 g/mol. The molecule has 16 heavy (non-hydrogen) atoms. The van der Waals surface area contributed by atoms with E-state index in [0.717, 1.165) is 6.92 Å². The number of Topliss-reactive ketones (excluding diaryl/α,β-unsaturated/α-hetero) is 1. The van der Waals surface area contributed by atoms with Gasteiger partial charge < -0.3 is 20.3 Å². The van der Waals surface area contributed by atoms with Gasteiger partial charge in [-0.1, -0.05) is 0 Å². The Balaban J connectivity index is 4.35. The van der Waals surface area contributed by atoms with Gasteiger partial charge in [0.1, 0.15) is 17.5 Å². The molecule has 0 fully saturated rings. The first-order valence-corrected chi connectivity index (χ1v) is 6.38. The molecule has 0 heterocycles. The number of nitrogens with two attached hydrogens (primary N) is 1. The van der Waals surface area contributed by atoms with Crippen molar-refractivity contribution < 1.29 is 28.7 Å². The maximum atomic E-state index is 11.3. The molecule has 0 saturated heterocycles. The smallest absolute Gasteiger partial charge is 0.335 e. The zero-order valence-corrected chi connectivity index (χ0v) is 10.0. The molecule has 4 N–H and O–H groups in total. The summed E-state index contributed by atoms with van der Waals surface area (Å²) in [5, 5.41) is 0. The maximum Gasteiger partial charge on any atom is 0.335 e. The molecule has 94 valence electrons. The Bertz CT molecular complexity index is 312.